The van der Waals surface area contributed by atoms with Crippen molar-refractivity contribution in [2.75, 3.05) is 6.61 Å². The van der Waals surface area contributed by atoms with Crippen LogP contribution in [-0.4, -0.2) is 18.0 Å². The van der Waals surface area contributed by atoms with Crippen molar-refractivity contribution in [2.45, 2.75) is 24.3 Å². The lowest BCUT2D eigenvalue weighted by Crippen LogP contribution is -2.17. The number of hydrogen-bond donors (Lipinski definition) is 0. The van der Waals surface area contributed by atoms with Crippen molar-refractivity contribution in [3.63, 3.8) is 0 Å². The minimum Gasteiger partial charge on any atom is -0.475 e. The average Bonchev–Trinajstić information content (AvgIpc) is 2.60. The molecule has 16 heavy (non-hydrogen) atoms. The summed E-state index contributed by atoms with van der Waals surface area (Å²) in [7, 11) is 0. The van der Waals surface area contributed by atoms with Crippen LogP contribution in [-0.2, 0) is 4.74 Å². The van der Waals surface area contributed by atoms with Crippen molar-refractivity contribution in [3.8, 4) is 0 Å². The van der Waals surface area contributed by atoms with Crippen LogP contribution in [0.15, 0.2) is 38.7 Å². The summed E-state index contributed by atoms with van der Waals surface area (Å²) < 4.78 is 8.36. The van der Waals surface area contributed by atoms with Gasteiger partial charge in [-0.05, 0) is 26.0 Å². The van der Waals surface area contributed by atoms with Gasteiger partial charge >= 0.3 is 0 Å². The molecule has 0 radical (unpaired) electrons. The summed E-state index contributed by atoms with van der Waals surface area (Å²) in [4.78, 5) is 15.5. The van der Waals surface area contributed by atoms with E-state index in [0.29, 0.717) is 12.5 Å². The van der Waals surface area contributed by atoms with Gasteiger partial charge in [-0.25, -0.2) is 4.99 Å². The van der Waals surface area contributed by atoms with Crippen LogP contribution >= 0.6 is 11.9 Å². The molecule has 1 aliphatic rings. The summed E-state index contributed by atoms with van der Waals surface area (Å²) in [5.41, 5.74) is 0.638. The van der Waals surface area contributed by atoms with Gasteiger partial charge in [0, 0.05) is 9.48 Å². The third kappa shape index (κ3) is 2.24. The average molecular weight is 236 g/mol. The smallest absolute Gasteiger partial charge is 0.218 e. The van der Waals surface area contributed by atoms with Crippen LogP contribution in [0.25, 0.3) is 0 Å². The van der Waals surface area contributed by atoms with Gasteiger partial charge in [0.05, 0.1) is 23.1 Å². The molecule has 0 unspecified atom stereocenters. The summed E-state index contributed by atoms with van der Waals surface area (Å²) in [5, 5.41) is 0. The molecule has 1 heterocycles. The molecule has 1 aromatic rings. The van der Waals surface area contributed by atoms with Crippen molar-refractivity contribution in [3.05, 3.63) is 34.7 Å². The Morgan fingerprint density at radius 3 is 2.81 bits per heavy atom. The van der Waals surface area contributed by atoms with Crippen molar-refractivity contribution in [2.24, 2.45) is 9.57 Å². The molecule has 2 rings (SSSR count). The molecule has 0 aliphatic carbocycles. The maximum atomic E-state index is 10.3. The van der Waals surface area contributed by atoms with Gasteiger partial charge in [-0.1, -0.05) is 12.1 Å². The van der Waals surface area contributed by atoms with Crippen LogP contribution in [0.5, 0.6) is 0 Å². The molecule has 0 bridgehead atoms. The minimum absolute atomic E-state index is 0.193. The fourth-order valence-corrected chi connectivity index (χ4v) is 1.96. The second kappa shape index (κ2) is 4.25. The molecule has 0 saturated carbocycles. The number of rotatable bonds is 3. The first-order chi connectivity index (χ1) is 7.62. The standard InChI is InChI=1S/C11H12N2O2S/c1-11(2)7-15-10(12-11)8-5-3-4-6-9(8)16-13-14/h3-6H,7H2,1-2H3. The zero-order chi connectivity index (χ0) is 11.6. The van der Waals surface area contributed by atoms with Crippen molar-refractivity contribution in [1.82, 2.24) is 0 Å². The summed E-state index contributed by atoms with van der Waals surface area (Å²) >= 11 is 0.898. The quantitative estimate of drug-likeness (QED) is 0.598. The van der Waals surface area contributed by atoms with Gasteiger partial charge < -0.3 is 4.74 Å². The van der Waals surface area contributed by atoms with E-state index in [1.54, 1.807) is 0 Å². The van der Waals surface area contributed by atoms with E-state index in [4.69, 9.17) is 4.74 Å². The van der Waals surface area contributed by atoms with Crippen molar-refractivity contribution >= 4 is 17.8 Å². The van der Waals surface area contributed by atoms with E-state index in [1.165, 1.54) is 0 Å². The van der Waals surface area contributed by atoms with Crippen molar-refractivity contribution < 1.29 is 4.74 Å². The van der Waals surface area contributed by atoms with Gasteiger partial charge in [-0.3, -0.25) is 0 Å². The number of benzene rings is 1. The van der Waals surface area contributed by atoms with E-state index in [-0.39, 0.29) is 5.54 Å². The predicted octanol–water partition coefficient (Wildman–Crippen LogP) is 3.02. The number of aliphatic imine (C=N–C) groups is 1. The zero-order valence-electron chi connectivity index (χ0n) is 9.14. The Labute approximate surface area is 98.2 Å². The molecular formula is C11H12N2O2S. The van der Waals surface area contributed by atoms with E-state index in [1.807, 2.05) is 38.1 Å². The van der Waals surface area contributed by atoms with E-state index in [0.717, 1.165) is 22.4 Å². The molecule has 5 heteroatoms. The summed E-state index contributed by atoms with van der Waals surface area (Å²) in [6.07, 6.45) is 0. The lowest BCUT2D eigenvalue weighted by Gasteiger charge is -2.07. The van der Waals surface area contributed by atoms with Crippen LogP contribution in [0, 0.1) is 4.91 Å². The molecule has 0 aromatic heterocycles. The van der Waals surface area contributed by atoms with Gasteiger partial charge in [0.25, 0.3) is 0 Å². The molecule has 1 aliphatic heterocycles. The monoisotopic (exact) mass is 236 g/mol. The summed E-state index contributed by atoms with van der Waals surface area (Å²) in [6.45, 7) is 4.58. The van der Waals surface area contributed by atoms with Gasteiger partial charge in [0.2, 0.25) is 5.90 Å². The lowest BCUT2D eigenvalue weighted by molar-refractivity contribution is 0.279. The highest BCUT2D eigenvalue weighted by molar-refractivity contribution is 7.98. The second-order valence-corrected chi connectivity index (χ2v) is 4.95. The third-order valence-electron chi connectivity index (χ3n) is 2.22. The van der Waals surface area contributed by atoms with Crippen LogP contribution in [0.1, 0.15) is 19.4 Å². The summed E-state index contributed by atoms with van der Waals surface area (Å²) in [6, 6.07) is 7.46. The first-order valence-corrected chi connectivity index (χ1v) is 5.71. The number of nitroso groups, excluding NO2 is 1. The van der Waals surface area contributed by atoms with Gasteiger partial charge in [0.15, 0.2) is 0 Å². The minimum atomic E-state index is -0.193. The van der Waals surface area contributed by atoms with Crippen LogP contribution in [0.4, 0.5) is 0 Å². The molecule has 0 saturated heterocycles. The molecular weight excluding hydrogens is 224 g/mol. The maximum Gasteiger partial charge on any atom is 0.218 e. The molecule has 84 valence electrons. The van der Waals surface area contributed by atoms with Crippen LogP contribution in [0.3, 0.4) is 0 Å². The highest BCUT2D eigenvalue weighted by Gasteiger charge is 2.28. The highest BCUT2D eigenvalue weighted by Crippen LogP contribution is 2.28. The van der Waals surface area contributed by atoms with E-state index in [9.17, 15) is 4.91 Å². The van der Waals surface area contributed by atoms with Gasteiger partial charge in [-0.2, -0.15) is 0 Å². The molecule has 0 N–H and O–H groups in total. The predicted molar refractivity (Wildman–Crippen MR) is 64.7 cm³/mol. The van der Waals surface area contributed by atoms with Crippen LogP contribution < -0.4 is 0 Å². The fraction of sp³-hybridized carbons (Fsp3) is 0.364. The number of nitrogens with zero attached hydrogens (tertiary/aromatic N) is 2. The van der Waals surface area contributed by atoms with Gasteiger partial charge in [-0.15, -0.1) is 4.91 Å². The van der Waals surface area contributed by atoms with E-state index >= 15 is 0 Å². The normalized spacial score (nSPS) is 17.8. The Hall–Kier alpha value is -1.36. The van der Waals surface area contributed by atoms with Crippen molar-refractivity contribution in [1.29, 1.82) is 0 Å². The lowest BCUT2D eigenvalue weighted by atomic mass is 10.1. The molecule has 0 spiro atoms. The van der Waals surface area contributed by atoms with Crippen LogP contribution in [0.2, 0.25) is 0 Å². The Bertz CT molecular complexity index is 443. The third-order valence-corrected chi connectivity index (χ3v) is 2.85. The number of hydrogen-bond acceptors (Lipinski definition) is 5. The van der Waals surface area contributed by atoms with Gasteiger partial charge in [0.1, 0.15) is 6.61 Å². The van der Waals surface area contributed by atoms with E-state index < -0.39 is 0 Å². The van der Waals surface area contributed by atoms with E-state index in [2.05, 4.69) is 9.57 Å². The summed E-state index contributed by atoms with van der Waals surface area (Å²) in [5.74, 6) is 0.594. The highest BCUT2D eigenvalue weighted by atomic mass is 32.2. The molecule has 1 aromatic carbocycles. The Kier molecular flexibility index (Phi) is 2.96. The first kappa shape index (κ1) is 11.1. The molecule has 4 nitrogen and oxygen atoms in total. The fourth-order valence-electron chi connectivity index (χ4n) is 1.49. The molecule has 0 fully saturated rings. The second-order valence-electron chi connectivity index (χ2n) is 4.18. The first-order valence-electron chi connectivity index (χ1n) is 4.94. The largest absolute Gasteiger partial charge is 0.475 e. The topological polar surface area (TPSA) is 51.0 Å². The zero-order valence-corrected chi connectivity index (χ0v) is 9.95. The number of ether oxygens (including phenoxy) is 1. The maximum absolute atomic E-state index is 10.3. The SMILES string of the molecule is CC1(C)COC(c2ccccc2SN=O)=N1. The Morgan fingerprint density at radius 1 is 1.44 bits per heavy atom. The molecule has 0 amide bonds. The Morgan fingerprint density at radius 2 is 2.19 bits per heavy atom. The Balaban J connectivity index is 2.37. The molecule has 0 atom stereocenters.